The monoisotopic (exact) mass is 244 g/mol. The van der Waals surface area contributed by atoms with E-state index in [0.29, 0.717) is 6.54 Å². The summed E-state index contributed by atoms with van der Waals surface area (Å²) in [7, 11) is 2.85. The van der Waals surface area contributed by atoms with Crippen molar-refractivity contribution in [3.8, 4) is 0 Å². The van der Waals surface area contributed by atoms with Crippen LogP contribution in [-0.2, 0) is 14.1 Å². The number of urea groups is 1. The van der Waals surface area contributed by atoms with Crippen LogP contribution in [0.1, 0.15) is 6.92 Å². The molecule has 17 heavy (non-hydrogen) atoms. The molecule has 8 nitrogen and oxygen atoms in total. The largest absolute Gasteiger partial charge is 0.412 e. The molecule has 0 aliphatic carbocycles. The highest BCUT2D eigenvalue weighted by atomic mass is 16.2. The van der Waals surface area contributed by atoms with Crippen molar-refractivity contribution in [2.45, 2.75) is 6.92 Å². The summed E-state index contributed by atoms with van der Waals surface area (Å²) in [5.41, 5.74) is -0.950. The third-order valence-corrected chi connectivity index (χ3v) is 2.10. The Bertz CT molecular complexity index is 517. The third kappa shape index (κ3) is 3.18. The molecule has 0 radical (unpaired) electrons. The van der Waals surface area contributed by atoms with Gasteiger partial charge in [-0.3, -0.25) is 19.2 Å². The molecule has 0 fully saturated rings. The van der Waals surface area contributed by atoms with Crippen LogP contribution in [0.4, 0.5) is 10.6 Å². The number of anilines is 1. The van der Waals surface area contributed by atoms with Gasteiger partial charge in [0.2, 0.25) is 0 Å². The smallest absolute Gasteiger partial charge is 0.332 e. The molecule has 2 amide bonds. The van der Waals surface area contributed by atoms with Gasteiger partial charge in [0.25, 0.3) is 5.56 Å². The van der Waals surface area contributed by atoms with Gasteiger partial charge in [0, 0.05) is 26.7 Å². The average molecular weight is 244 g/mol. The predicted octanol–water partition coefficient (Wildman–Crippen LogP) is -1.60. The second-order valence-corrected chi connectivity index (χ2v) is 3.25. The minimum Gasteiger partial charge on any atom is -0.412 e. The first-order valence-corrected chi connectivity index (χ1v) is 4.79. The highest BCUT2D eigenvalue weighted by Gasteiger charge is 2.07. The van der Waals surface area contributed by atoms with Gasteiger partial charge in [-0.25, -0.2) is 9.59 Å². The van der Waals surface area contributed by atoms with Crippen LogP contribution >= 0.6 is 0 Å². The van der Waals surface area contributed by atoms with Gasteiger partial charge in [-0.05, 0) is 6.92 Å². The third-order valence-electron chi connectivity index (χ3n) is 2.10. The van der Waals surface area contributed by atoms with E-state index in [2.05, 4.69) is 10.6 Å². The van der Waals surface area contributed by atoms with Crippen LogP contribution in [0.3, 0.4) is 0 Å². The molecule has 1 heterocycles. The van der Waals surface area contributed by atoms with Crippen molar-refractivity contribution >= 4 is 11.8 Å². The molecule has 0 unspecified atom stereocenters. The Balaban J connectivity index is 0.00000256. The number of rotatable bonds is 2. The molecule has 0 spiro atoms. The number of hydrogen-bond acceptors (Lipinski definition) is 3. The topological polar surface area (TPSA) is 117 Å². The summed E-state index contributed by atoms with van der Waals surface area (Å²) in [6.45, 7) is 2.23. The molecule has 8 heteroatoms. The molecule has 0 aliphatic heterocycles. The predicted molar refractivity (Wildman–Crippen MR) is 63.2 cm³/mol. The molecule has 1 rings (SSSR count). The summed E-state index contributed by atoms with van der Waals surface area (Å²) in [5, 5.41) is 4.92. The minimum absolute atomic E-state index is 0. The van der Waals surface area contributed by atoms with Gasteiger partial charge < -0.3 is 10.8 Å². The molecule has 0 saturated heterocycles. The van der Waals surface area contributed by atoms with Crippen LogP contribution in [0, 0.1) is 0 Å². The molecule has 0 saturated carbocycles. The van der Waals surface area contributed by atoms with E-state index >= 15 is 0 Å². The van der Waals surface area contributed by atoms with Gasteiger partial charge >= 0.3 is 11.7 Å². The molecule has 96 valence electrons. The zero-order valence-corrected chi connectivity index (χ0v) is 9.90. The Morgan fingerprint density at radius 2 is 1.88 bits per heavy atom. The van der Waals surface area contributed by atoms with Crippen molar-refractivity contribution < 1.29 is 10.3 Å². The highest BCUT2D eigenvalue weighted by molar-refractivity contribution is 5.88. The Kier molecular flexibility index (Phi) is 5.13. The average Bonchev–Trinajstić information content (AvgIpc) is 2.23. The maximum Gasteiger partial charge on any atom is 0.332 e. The molecule has 0 aromatic carbocycles. The van der Waals surface area contributed by atoms with Crippen molar-refractivity contribution in [2.24, 2.45) is 14.1 Å². The maximum absolute atomic E-state index is 11.5. The molecule has 4 N–H and O–H groups in total. The van der Waals surface area contributed by atoms with Crippen LogP contribution < -0.4 is 21.9 Å². The van der Waals surface area contributed by atoms with Gasteiger partial charge in [0.05, 0.1) is 0 Å². The lowest BCUT2D eigenvalue weighted by Gasteiger charge is -2.10. The van der Waals surface area contributed by atoms with E-state index in [9.17, 15) is 14.4 Å². The summed E-state index contributed by atoms with van der Waals surface area (Å²) in [5.74, 6) is 0.166. The number of nitrogens with zero attached hydrogens (tertiary/aromatic N) is 2. The Morgan fingerprint density at radius 1 is 1.29 bits per heavy atom. The van der Waals surface area contributed by atoms with Crippen LogP contribution in [0.15, 0.2) is 15.7 Å². The molecule has 1 aromatic heterocycles. The van der Waals surface area contributed by atoms with E-state index in [-0.39, 0.29) is 11.3 Å². The lowest BCUT2D eigenvalue weighted by Crippen LogP contribution is -2.39. The van der Waals surface area contributed by atoms with Gasteiger partial charge in [0.1, 0.15) is 5.82 Å². The first-order valence-electron chi connectivity index (χ1n) is 4.79. The lowest BCUT2D eigenvalue weighted by molar-refractivity contribution is 0.252. The first kappa shape index (κ1) is 14.9. The molecular formula is C9H16N4O4. The quantitative estimate of drug-likeness (QED) is 0.652. The minimum atomic E-state index is -0.487. The van der Waals surface area contributed by atoms with E-state index in [1.54, 1.807) is 6.92 Å². The van der Waals surface area contributed by atoms with Crippen LogP contribution in [-0.4, -0.2) is 27.2 Å². The molecule has 0 aliphatic rings. The fraction of sp³-hybridized carbons (Fsp3) is 0.444. The number of amides is 2. The van der Waals surface area contributed by atoms with E-state index in [0.717, 1.165) is 4.57 Å². The van der Waals surface area contributed by atoms with Crippen molar-refractivity contribution in [3.05, 3.63) is 26.9 Å². The molecule has 1 aromatic rings. The van der Waals surface area contributed by atoms with E-state index in [1.807, 2.05) is 0 Å². The fourth-order valence-electron chi connectivity index (χ4n) is 1.17. The van der Waals surface area contributed by atoms with Gasteiger partial charge in [0.15, 0.2) is 0 Å². The normalized spacial score (nSPS) is 9.35. The number of carbonyl (C=O) groups is 1. The Labute approximate surface area is 97.2 Å². The van der Waals surface area contributed by atoms with Crippen molar-refractivity contribution in [3.63, 3.8) is 0 Å². The van der Waals surface area contributed by atoms with E-state index in [1.165, 1.54) is 24.7 Å². The number of nitrogens with one attached hydrogen (secondary N) is 2. The van der Waals surface area contributed by atoms with Gasteiger partial charge in [-0.2, -0.15) is 0 Å². The van der Waals surface area contributed by atoms with Crippen LogP contribution in [0.25, 0.3) is 0 Å². The maximum atomic E-state index is 11.5. The van der Waals surface area contributed by atoms with Gasteiger partial charge in [-0.1, -0.05) is 0 Å². The molecular weight excluding hydrogens is 228 g/mol. The zero-order valence-electron chi connectivity index (χ0n) is 9.90. The summed E-state index contributed by atoms with van der Waals surface area (Å²) >= 11 is 0. The molecule has 0 atom stereocenters. The summed E-state index contributed by atoms with van der Waals surface area (Å²) < 4.78 is 2.15. The summed E-state index contributed by atoms with van der Waals surface area (Å²) in [6, 6.07) is 0.738. The second-order valence-electron chi connectivity index (χ2n) is 3.25. The fourth-order valence-corrected chi connectivity index (χ4v) is 1.17. The first-order chi connectivity index (χ1) is 7.47. The van der Waals surface area contributed by atoms with E-state index < -0.39 is 17.3 Å². The van der Waals surface area contributed by atoms with Crippen LogP contribution in [0.5, 0.6) is 0 Å². The summed E-state index contributed by atoms with van der Waals surface area (Å²) in [4.78, 5) is 34.1. The highest BCUT2D eigenvalue weighted by Crippen LogP contribution is 1.97. The molecule has 0 bridgehead atoms. The van der Waals surface area contributed by atoms with E-state index in [4.69, 9.17) is 0 Å². The zero-order chi connectivity index (χ0) is 12.3. The number of carbonyl (C=O) groups excluding carboxylic acids is 1. The second kappa shape index (κ2) is 5.85. The Morgan fingerprint density at radius 3 is 2.41 bits per heavy atom. The number of hydrogen-bond donors (Lipinski definition) is 2. The SMILES string of the molecule is CCNC(=O)Nc1cc(=O)n(C)c(=O)n1C.O. The van der Waals surface area contributed by atoms with Crippen LogP contribution in [0.2, 0.25) is 0 Å². The van der Waals surface area contributed by atoms with Crippen molar-refractivity contribution in [2.75, 3.05) is 11.9 Å². The number of aromatic nitrogens is 2. The lowest BCUT2D eigenvalue weighted by atomic mass is 10.5. The standard InChI is InChI=1S/C9H14N4O3.H2O/c1-4-10-8(15)11-6-5-7(14)13(3)9(16)12(6)2;/h5H,4H2,1-3H3,(H2,10,11,15);1H2. The van der Waals surface area contributed by atoms with Gasteiger partial charge in [-0.15, -0.1) is 0 Å². The van der Waals surface area contributed by atoms with Crippen molar-refractivity contribution in [1.29, 1.82) is 0 Å². The Hall–Kier alpha value is -2.09. The van der Waals surface area contributed by atoms with Crippen molar-refractivity contribution in [1.82, 2.24) is 14.5 Å². The summed E-state index contributed by atoms with van der Waals surface area (Å²) in [6.07, 6.45) is 0.